The van der Waals surface area contributed by atoms with Gasteiger partial charge in [-0.2, -0.15) is 0 Å². The lowest BCUT2D eigenvalue weighted by atomic mass is 10.2. The normalized spacial score (nSPS) is 10.0. The van der Waals surface area contributed by atoms with Gasteiger partial charge in [0, 0.05) is 30.4 Å². The zero-order valence-corrected chi connectivity index (χ0v) is 11.8. The van der Waals surface area contributed by atoms with Gasteiger partial charge in [0.1, 0.15) is 11.5 Å². The molecule has 1 aromatic carbocycles. The molecule has 6 nitrogen and oxygen atoms in total. The van der Waals surface area contributed by atoms with Crippen LogP contribution in [-0.4, -0.2) is 25.1 Å². The molecular weight excluding hydrogens is 272 g/mol. The molecule has 0 aliphatic heterocycles. The molecule has 6 heteroatoms. The number of carbonyl (C=O) groups is 1. The van der Waals surface area contributed by atoms with Crippen molar-refractivity contribution in [3.8, 4) is 11.5 Å². The Kier molecular flexibility index (Phi) is 4.61. The van der Waals surface area contributed by atoms with E-state index in [0.717, 1.165) is 5.56 Å². The number of carbonyl (C=O) groups excluding carboxylic acids is 1. The molecule has 21 heavy (non-hydrogen) atoms. The van der Waals surface area contributed by atoms with Crippen LogP contribution in [0.5, 0.6) is 11.5 Å². The second-order valence-electron chi connectivity index (χ2n) is 4.30. The number of amides is 1. The summed E-state index contributed by atoms with van der Waals surface area (Å²) >= 11 is 0. The number of hydrogen-bond acceptors (Lipinski definition) is 4. The second kappa shape index (κ2) is 6.60. The van der Waals surface area contributed by atoms with Crippen LogP contribution in [-0.2, 0) is 6.54 Å². The SMILES string of the molecule is COc1ccc(CNC(=O)c2ccc(=O)[nH]c2)c(OC)c1. The third-order valence-corrected chi connectivity index (χ3v) is 2.98. The number of pyridine rings is 1. The van der Waals surface area contributed by atoms with E-state index in [0.29, 0.717) is 23.6 Å². The molecule has 0 saturated heterocycles. The summed E-state index contributed by atoms with van der Waals surface area (Å²) in [6.45, 7) is 0.311. The van der Waals surface area contributed by atoms with Crippen molar-refractivity contribution < 1.29 is 14.3 Å². The van der Waals surface area contributed by atoms with Gasteiger partial charge in [0.15, 0.2) is 0 Å². The molecule has 1 amide bonds. The third-order valence-electron chi connectivity index (χ3n) is 2.98. The van der Waals surface area contributed by atoms with Crippen molar-refractivity contribution in [2.45, 2.75) is 6.54 Å². The van der Waals surface area contributed by atoms with Crippen molar-refractivity contribution in [1.29, 1.82) is 0 Å². The van der Waals surface area contributed by atoms with Crippen molar-refractivity contribution in [3.05, 3.63) is 58.0 Å². The van der Waals surface area contributed by atoms with E-state index < -0.39 is 0 Å². The van der Waals surface area contributed by atoms with E-state index in [2.05, 4.69) is 10.3 Å². The first kappa shape index (κ1) is 14.6. The molecule has 2 aromatic rings. The first-order chi connectivity index (χ1) is 10.1. The van der Waals surface area contributed by atoms with Crippen LogP contribution in [0.1, 0.15) is 15.9 Å². The van der Waals surface area contributed by atoms with Gasteiger partial charge in [0.05, 0.1) is 19.8 Å². The minimum absolute atomic E-state index is 0.247. The van der Waals surface area contributed by atoms with Crippen LogP contribution >= 0.6 is 0 Å². The van der Waals surface area contributed by atoms with Gasteiger partial charge in [-0.15, -0.1) is 0 Å². The molecule has 0 saturated carbocycles. The highest BCUT2D eigenvalue weighted by atomic mass is 16.5. The molecule has 0 radical (unpaired) electrons. The summed E-state index contributed by atoms with van der Waals surface area (Å²) in [5.41, 5.74) is 0.974. The maximum absolute atomic E-state index is 12.0. The summed E-state index contributed by atoms with van der Waals surface area (Å²) in [5.74, 6) is 1.04. The Morgan fingerprint density at radius 1 is 1.19 bits per heavy atom. The third kappa shape index (κ3) is 3.62. The topological polar surface area (TPSA) is 80.4 Å². The fourth-order valence-corrected chi connectivity index (χ4v) is 1.83. The maximum Gasteiger partial charge on any atom is 0.253 e. The van der Waals surface area contributed by atoms with Crippen LogP contribution in [0.4, 0.5) is 0 Å². The molecule has 0 bridgehead atoms. The molecule has 110 valence electrons. The van der Waals surface area contributed by atoms with Gasteiger partial charge in [0.25, 0.3) is 5.91 Å². The lowest BCUT2D eigenvalue weighted by Crippen LogP contribution is -2.24. The van der Waals surface area contributed by atoms with Gasteiger partial charge in [-0.1, -0.05) is 0 Å². The molecule has 0 fully saturated rings. The fraction of sp³-hybridized carbons (Fsp3) is 0.200. The van der Waals surface area contributed by atoms with Gasteiger partial charge >= 0.3 is 0 Å². The second-order valence-corrected chi connectivity index (χ2v) is 4.30. The Hall–Kier alpha value is -2.76. The van der Waals surface area contributed by atoms with Crippen LogP contribution in [0.2, 0.25) is 0 Å². The number of aromatic amines is 1. The minimum atomic E-state index is -0.274. The van der Waals surface area contributed by atoms with Crippen LogP contribution in [0.3, 0.4) is 0 Å². The summed E-state index contributed by atoms with van der Waals surface area (Å²) in [7, 11) is 3.13. The highest BCUT2D eigenvalue weighted by Crippen LogP contribution is 2.24. The largest absolute Gasteiger partial charge is 0.497 e. The predicted octanol–water partition coefficient (Wildman–Crippen LogP) is 1.32. The Morgan fingerprint density at radius 2 is 2.00 bits per heavy atom. The Labute approximate surface area is 121 Å². The van der Waals surface area contributed by atoms with Crippen molar-refractivity contribution in [1.82, 2.24) is 10.3 Å². The molecule has 1 heterocycles. The van der Waals surface area contributed by atoms with E-state index in [1.165, 1.54) is 18.3 Å². The number of nitrogens with one attached hydrogen (secondary N) is 2. The number of aromatic nitrogens is 1. The van der Waals surface area contributed by atoms with E-state index in [1.54, 1.807) is 26.4 Å². The van der Waals surface area contributed by atoms with E-state index in [-0.39, 0.29) is 11.5 Å². The number of hydrogen-bond donors (Lipinski definition) is 2. The van der Waals surface area contributed by atoms with Crippen molar-refractivity contribution >= 4 is 5.91 Å². The number of methoxy groups -OCH3 is 2. The fourth-order valence-electron chi connectivity index (χ4n) is 1.83. The van der Waals surface area contributed by atoms with Gasteiger partial charge in [-0.3, -0.25) is 9.59 Å². The first-order valence-electron chi connectivity index (χ1n) is 6.32. The smallest absolute Gasteiger partial charge is 0.253 e. The maximum atomic E-state index is 12.0. The molecule has 0 unspecified atom stereocenters. The van der Waals surface area contributed by atoms with Gasteiger partial charge in [0.2, 0.25) is 5.56 Å². The molecule has 2 rings (SSSR count). The summed E-state index contributed by atoms with van der Waals surface area (Å²) < 4.78 is 10.4. The molecule has 0 aliphatic rings. The molecule has 0 aliphatic carbocycles. The first-order valence-corrected chi connectivity index (χ1v) is 6.32. The van der Waals surface area contributed by atoms with E-state index >= 15 is 0 Å². The summed E-state index contributed by atoms with van der Waals surface area (Å²) in [6.07, 6.45) is 1.38. The van der Waals surface area contributed by atoms with E-state index in [9.17, 15) is 9.59 Å². The molecule has 1 aromatic heterocycles. The van der Waals surface area contributed by atoms with Crippen molar-refractivity contribution in [2.24, 2.45) is 0 Å². The van der Waals surface area contributed by atoms with Gasteiger partial charge in [-0.05, 0) is 18.2 Å². The molecule has 0 atom stereocenters. The molecular formula is C15H16N2O4. The van der Waals surface area contributed by atoms with Crippen LogP contribution in [0.25, 0.3) is 0 Å². The van der Waals surface area contributed by atoms with Crippen molar-refractivity contribution in [3.63, 3.8) is 0 Å². The van der Waals surface area contributed by atoms with Gasteiger partial charge < -0.3 is 19.8 Å². The quantitative estimate of drug-likeness (QED) is 0.869. The van der Waals surface area contributed by atoms with Crippen LogP contribution in [0, 0.1) is 0 Å². The molecule has 2 N–H and O–H groups in total. The monoisotopic (exact) mass is 288 g/mol. The summed E-state index contributed by atoms with van der Waals surface area (Å²) in [5, 5.41) is 2.77. The number of rotatable bonds is 5. The summed E-state index contributed by atoms with van der Waals surface area (Å²) in [4.78, 5) is 25.4. The van der Waals surface area contributed by atoms with E-state index in [4.69, 9.17) is 9.47 Å². The predicted molar refractivity (Wildman–Crippen MR) is 77.8 cm³/mol. The average Bonchev–Trinajstić information content (AvgIpc) is 2.53. The summed E-state index contributed by atoms with van der Waals surface area (Å²) in [6, 6.07) is 8.15. The Balaban J connectivity index is 2.07. The van der Waals surface area contributed by atoms with Crippen LogP contribution in [0.15, 0.2) is 41.3 Å². The highest BCUT2D eigenvalue weighted by molar-refractivity contribution is 5.93. The highest BCUT2D eigenvalue weighted by Gasteiger charge is 2.08. The lowest BCUT2D eigenvalue weighted by molar-refractivity contribution is 0.0950. The number of ether oxygens (including phenoxy) is 2. The standard InChI is InChI=1S/C15H16N2O4/c1-20-12-5-3-10(13(7-12)21-2)8-17-15(19)11-4-6-14(18)16-9-11/h3-7,9H,8H2,1-2H3,(H,16,18)(H,17,19). The van der Waals surface area contributed by atoms with E-state index in [1.807, 2.05) is 6.07 Å². The van der Waals surface area contributed by atoms with Gasteiger partial charge in [-0.25, -0.2) is 0 Å². The Bertz CT molecular complexity index is 674. The number of benzene rings is 1. The van der Waals surface area contributed by atoms with Crippen LogP contribution < -0.4 is 20.3 Å². The molecule has 0 spiro atoms. The average molecular weight is 288 g/mol. The minimum Gasteiger partial charge on any atom is -0.497 e. The van der Waals surface area contributed by atoms with Crippen molar-refractivity contribution in [2.75, 3.05) is 14.2 Å². The zero-order chi connectivity index (χ0) is 15.2. The lowest BCUT2D eigenvalue weighted by Gasteiger charge is -2.11. The number of H-pyrrole nitrogens is 1. The zero-order valence-electron chi connectivity index (χ0n) is 11.8. The Morgan fingerprint density at radius 3 is 2.62 bits per heavy atom.